The highest BCUT2D eigenvalue weighted by Gasteiger charge is 2.21. The first kappa shape index (κ1) is 26.1. The molecule has 1 amide bonds. The lowest BCUT2D eigenvalue weighted by Crippen LogP contribution is -2.44. The number of amides is 1. The van der Waals surface area contributed by atoms with Crippen LogP contribution in [0.5, 0.6) is 5.75 Å². The monoisotopic (exact) mass is 516 g/mol. The molecule has 1 aliphatic rings. The number of aliphatic hydroxyl groups excluding tert-OH is 1. The van der Waals surface area contributed by atoms with E-state index in [1.165, 1.54) is 24.3 Å². The fourth-order valence-electron chi connectivity index (χ4n) is 4.53. The predicted molar refractivity (Wildman–Crippen MR) is 137 cm³/mol. The Balaban J connectivity index is 1.19. The zero-order valence-corrected chi connectivity index (χ0v) is 20.5. The molecule has 2 heterocycles. The lowest BCUT2D eigenvalue weighted by molar-refractivity contribution is -0.121. The molecule has 1 aliphatic heterocycles. The summed E-state index contributed by atoms with van der Waals surface area (Å²) in [6, 6.07) is 10.8. The van der Waals surface area contributed by atoms with Crippen LogP contribution in [0.3, 0.4) is 0 Å². The van der Waals surface area contributed by atoms with Gasteiger partial charge in [0.25, 0.3) is 0 Å². The standard InChI is InChI=1S/C26H30ClFN4O4/c27-20-2-1-3-21(28)19(20)14-30-24(35)10-13-32-11-8-16(9-12-32)29-15-23(34)17-4-6-22(33)26-18(17)5-7-25(36)31-26/h1-7,16,23,29,33-34H,8-15H2,(H,30,35)(H,31,36)/t23-/m1/s1. The number of phenols is 1. The van der Waals surface area contributed by atoms with E-state index in [9.17, 15) is 24.2 Å². The molecular weight excluding hydrogens is 487 g/mol. The number of aromatic nitrogens is 1. The van der Waals surface area contributed by atoms with Gasteiger partial charge in [0.05, 0.1) is 11.6 Å². The second-order valence-electron chi connectivity index (χ2n) is 9.05. The van der Waals surface area contributed by atoms with Gasteiger partial charge in [-0.25, -0.2) is 4.39 Å². The van der Waals surface area contributed by atoms with Gasteiger partial charge in [0.2, 0.25) is 11.5 Å². The van der Waals surface area contributed by atoms with E-state index in [0.717, 1.165) is 25.9 Å². The van der Waals surface area contributed by atoms with E-state index >= 15 is 0 Å². The number of pyridine rings is 1. The van der Waals surface area contributed by atoms with E-state index in [2.05, 4.69) is 20.5 Å². The summed E-state index contributed by atoms with van der Waals surface area (Å²) in [4.78, 5) is 28.6. The zero-order chi connectivity index (χ0) is 25.7. The first-order valence-electron chi connectivity index (χ1n) is 12.0. The van der Waals surface area contributed by atoms with E-state index in [1.54, 1.807) is 18.2 Å². The highest BCUT2D eigenvalue weighted by Crippen LogP contribution is 2.28. The molecule has 0 radical (unpaired) electrons. The number of benzene rings is 2. The number of phenolic OH excluding ortho intramolecular Hbond substituents is 1. The number of nitrogens with one attached hydrogen (secondary N) is 3. The molecule has 1 saturated heterocycles. The van der Waals surface area contributed by atoms with Gasteiger partial charge >= 0.3 is 0 Å². The molecule has 1 atom stereocenters. The van der Waals surface area contributed by atoms with Crippen molar-refractivity contribution in [1.29, 1.82) is 0 Å². The maximum absolute atomic E-state index is 13.8. The van der Waals surface area contributed by atoms with Crippen LogP contribution in [0.2, 0.25) is 5.02 Å². The topological polar surface area (TPSA) is 118 Å². The average molecular weight is 517 g/mol. The molecule has 5 N–H and O–H groups in total. The van der Waals surface area contributed by atoms with Crippen LogP contribution in [-0.4, -0.2) is 58.2 Å². The van der Waals surface area contributed by atoms with Gasteiger partial charge in [-0.3, -0.25) is 9.59 Å². The van der Waals surface area contributed by atoms with Gasteiger partial charge in [-0.2, -0.15) is 0 Å². The van der Waals surface area contributed by atoms with E-state index in [-0.39, 0.29) is 35.4 Å². The van der Waals surface area contributed by atoms with Gasteiger partial charge in [0.1, 0.15) is 11.6 Å². The van der Waals surface area contributed by atoms with E-state index in [4.69, 9.17) is 11.6 Å². The van der Waals surface area contributed by atoms with Gasteiger partial charge in [0.15, 0.2) is 0 Å². The van der Waals surface area contributed by atoms with Crippen LogP contribution in [0.4, 0.5) is 4.39 Å². The van der Waals surface area contributed by atoms with Crippen molar-refractivity contribution in [2.24, 2.45) is 0 Å². The third kappa shape index (κ3) is 6.41. The number of hydrogen-bond acceptors (Lipinski definition) is 6. The van der Waals surface area contributed by atoms with Crippen LogP contribution < -0.4 is 16.2 Å². The quantitative estimate of drug-likeness (QED) is 0.298. The number of carbonyl (C=O) groups is 1. The molecule has 0 saturated carbocycles. The van der Waals surface area contributed by atoms with Crippen LogP contribution >= 0.6 is 11.6 Å². The number of hydrogen-bond donors (Lipinski definition) is 5. The number of aromatic amines is 1. The minimum absolute atomic E-state index is 0.0382. The summed E-state index contributed by atoms with van der Waals surface area (Å²) in [5, 5.41) is 27.8. The van der Waals surface area contributed by atoms with Crippen molar-refractivity contribution in [2.45, 2.75) is 38.0 Å². The van der Waals surface area contributed by atoms with Crippen molar-refractivity contribution in [3.63, 3.8) is 0 Å². The number of nitrogens with zero attached hydrogens (tertiary/aromatic N) is 1. The molecule has 0 unspecified atom stereocenters. The maximum Gasteiger partial charge on any atom is 0.248 e. The summed E-state index contributed by atoms with van der Waals surface area (Å²) in [5.74, 6) is -0.625. The Morgan fingerprint density at radius 2 is 1.97 bits per heavy atom. The highest BCUT2D eigenvalue weighted by atomic mass is 35.5. The average Bonchev–Trinajstić information content (AvgIpc) is 2.87. The Hall–Kier alpha value is -2.98. The first-order valence-corrected chi connectivity index (χ1v) is 12.4. The third-order valence-electron chi connectivity index (χ3n) is 6.63. The third-order valence-corrected chi connectivity index (χ3v) is 6.99. The Bertz CT molecular complexity index is 1260. The molecule has 2 aromatic carbocycles. The summed E-state index contributed by atoms with van der Waals surface area (Å²) >= 11 is 6.00. The van der Waals surface area contributed by atoms with Gasteiger partial charge in [-0.1, -0.05) is 23.7 Å². The number of rotatable bonds is 9. The van der Waals surface area contributed by atoms with Crippen molar-refractivity contribution in [2.75, 3.05) is 26.2 Å². The molecule has 3 aromatic rings. The van der Waals surface area contributed by atoms with Gasteiger partial charge in [-0.15, -0.1) is 0 Å². The van der Waals surface area contributed by atoms with Gasteiger partial charge < -0.3 is 30.7 Å². The molecule has 0 spiro atoms. The van der Waals surface area contributed by atoms with Crippen molar-refractivity contribution in [3.8, 4) is 5.75 Å². The fraction of sp³-hybridized carbons (Fsp3) is 0.385. The number of likely N-dealkylation sites (tertiary alicyclic amines) is 1. The van der Waals surface area contributed by atoms with Gasteiger partial charge in [0, 0.05) is 54.1 Å². The molecule has 4 rings (SSSR count). The summed E-state index contributed by atoms with van der Waals surface area (Å²) in [6.07, 6.45) is 1.27. The molecule has 192 valence electrons. The highest BCUT2D eigenvalue weighted by molar-refractivity contribution is 6.31. The Labute approximate surface area is 213 Å². The van der Waals surface area contributed by atoms with E-state index in [0.29, 0.717) is 41.0 Å². The van der Waals surface area contributed by atoms with Crippen LogP contribution in [0.1, 0.15) is 36.5 Å². The SMILES string of the molecule is O=C(CCN1CCC(NC[C@@H](O)c2ccc(O)c3[nH]c(=O)ccc23)CC1)NCc1c(F)cccc1Cl. The zero-order valence-electron chi connectivity index (χ0n) is 19.8. The number of H-pyrrole nitrogens is 1. The number of aromatic hydroxyl groups is 1. The van der Waals surface area contributed by atoms with Crippen LogP contribution in [-0.2, 0) is 11.3 Å². The Morgan fingerprint density at radius 1 is 1.19 bits per heavy atom. The van der Waals surface area contributed by atoms with Crippen molar-refractivity contribution < 1.29 is 19.4 Å². The number of fused-ring (bicyclic) bond motifs is 1. The minimum atomic E-state index is -0.802. The number of aliphatic hydroxyl groups is 1. The second-order valence-corrected chi connectivity index (χ2v) is 9.46. The molecule has 10 heteroatoms. The van der Waals surface area contributed by atoms with E-state index in [1.807, 2.05) is 0 Å². The fourth-order valence-corrected chi connectivity index (χ4v) is 4.76. The maximum atomic E-state index is 13.8. The molecular formula is C26H30ClFN4O4. The summed E-state index contributed by atoms with van der Waals surface area (Å²) in [5.41, 5.74) is 0.913. The smallest absolute Gasteiger partial charge is 0.248 e. The molecule has 0 bridgehead atoms. The largest absolute Gasteiger partial charge is 0.506 e. The van der Waals surface area contributed by atoms with Crippen molar-refractivity contribution in [3.05, 3.63) is 74.8 Å². The lowest BCUT2D eigenvalue weighted by atomic mass is 10.0. The number of halogens is 2. The first-order chi connectivity index (χ1) is 17.3. The normalized spacial score (nSPS) is 15.8. The summed E-state index contributed by atoms with van der Waals surface area (Å²) in [6.45, 7) is 2.66. The summed E-state index contributed by atoms with van der Waals surface area (Å²) < 4.78 is 13.8. The van der Waals surface area contributed by atoms with Crippen LogP contribution in [0.25, 0.3) is 10.9 Å². The molecule has 1 fully saturated rings. The molecule has 0 aliphatic carbocycles. The minimum Gasteiger partial charge on any atom is -0.506 e. The molecule has 1 aromatic heterocycles. The molecule has 8 nitrogen and oxygen atoms in total. The van der Waals surface area contributed by atoms with Crippen LogP contribution in [0, 0.1) is 5.82 Å². The Morgan fingerprint density at radius 3 is 2.72 bits per heavy atom. The second kappa shape index (κ2) is 11.8. The van der Waals surface area contributed by atoms with Crippen molar-refractivity contribution >= 4 is 28.4 Å². The molecule has 36 heavy (non-hydrogen) atoms. The summed E-state index contributed by atoms with van der Waals surface area (Å²) in [7, 11) is 0. The number of piperidine rings is 1. The Kier molecular flexibility index (Phi) is 8.58. The lowest BCUT2D eigenvalue weighted by Gasteiger charge is -2.32. The van der Waals surface area contributed by atoms with Gasteiger partial charge in [-0.05, 0) is 55.8 Å². The van der Waals surface area contributed by atoms with Crippen molar-refractivity contribution in [1.82, 2.24) is 20.5 Å². The predicted octanol–water partition coefficient (Wildman–Crippen LogP) is 2.82. The van der Waals surface area contributed by atoms with Crippen LogP contribution in [0.15, 0.2) is 47.3 Å². The number of carbonyl (C=O) groups excluding carboxylic acids is 1. The van der Waals surface area contributed by atoms with E-state index < -0.39 is 11.9 Å².